The summed E-state index contributed by atoms with van der Waals surface area (Å²) >= 11 is 0. The number of unbranched alkanes of at least 4 members (excludes halogenated alkanes) is 22. The van der Waals surface area contributed by atoms with Crippen molar-refractivity contribution in [2.75, 3.05) is 26.2 Å². The summed E-state index contributed by atoms with van der Waals surface area (Å²) in [6, 6.07) is 0. The van der Waals surface area contributed by atoms with E-state index < -0.39 is 0 Å². The molecule has 0 aliphatic rings. The topological polar surface area (TPSA) is 23.5 Å². The first-order valence-electron chi connectivity index (χ1n) is 20.3. The van der Waals surface area contributed by atoms with Crippen molar-refractivity contribution in [1.82, 2.24) is 4.90 Å². The van der Waals surface area contributed by atoms with E-state index in [0.29, 0.717) is 6.61 Å². The SMILES string of the molecule is CCCCCC=CCC=CCCCCCCCCCCN(CCCO)CCCCCCCCCCC=CCC=CCCCCC. The standard InChI is InChI=1S/C43H81NO/c1-3-5-7-9-11-13-15-17-19-21-23-25-27-29-31-33-35-37-40-44(42-39-43-45)41-38-36-34-32-30-28-26-24-22-20-18-16-14-12-10-8-6-4-2/h11-14,17-20,45H,3-10,15-16,21-43H2,1-2H3. The summed E-state index contributed by atoms with van der Waals surface area (Å²) in [5, 5.41) is 9.33. The van der Waals surface area contributed by atoms with E-state index in [9.17, 15) is 5.11 Å². The Morgan fingerprint density at radius 3 is 0.956 bits per heavy atom. The van der Waals surface area contributed by atoms with Crippen molar-refractivity contribution in [1.29, 1.82) is 0 Å². The van der Waals surface area contributed by atoms with Crippen LogP contribution in [0.2, 0.25) is 0 Å². The summed E-state index contributed by atoms with van der Waals surface area (Å²) in [5.74, 6) is 0. The second-order valence-corrected chi connectivity index (χ2v) is 13.5. The molecule has 0 amide bonds. The fourth-order valence-electron chi connectivity index (χ4n) is 5.98. The molecule has 0 aromatic heterocycles. The van der Waals surface area contributed by atoms with Crippen molar-refractivity contribution in [3.8, 4) is 0 Å². The maximum Gasteiger partial charge on any atom is 0.0443 e. The summed E-state index contributed by atoms with van der Waals surface area (Å²) < 4.78 is 0. The lowest BCUT2D eigenvalue weighted by molar-refractivity contribution is 0.217. The first-order valence-corrected chi connectivity index (χ1v) is 20.3. The fraction of sp³-hybridized carbons (Fsp3) is 0.814. The average Bonchev–Trinajstić information content (AvgIpc) is 3.05. The van der Waals surface area contributed by atoms with E-state index in [1.54, 1.807) is 0 Å². The molecular weight excluding hydrogens is 546 g/mol. The van der Waals surface area contributed by atoms with E-state index >= 15 is 0 Å². The van der Waals surface area contributed by atoms with Gasteiger partial charge in [-0.3, -0.25) is 0 Å². The first kappa shape index (κ1) is 43.9. The highest BCUT2D eigenvalue weighted by Crippen LogP contribution is 2.13. The van der Waals surface area contributed by atoms with Gasteiger partial charge in [-0.15, -0.1) is 0 Å². The quantitative estimate of drug-likeness (QED) is 0.0547. The van der Waals surface area contributed by atoms with Gasteiger partial charge in [0.1, 0.15) is 0 Å². The zero-order chi connectivity index (χ0) is 32.6. The number of rotatable bonds is 37. The third kappa shape index (κ3) is 39.0. The molecule has 1 N–H and O–H groups in total. The van der Waals surface area contributed by atoms with E-state index in [1.165, 1.54) is 180 Å². The summed E-state index contributed by atoms with van der Waals surface area (Å²) in [4.78, 5) is 2.63. The van der Waals surface area contributed by atoms with E-state index in [0.717, 1.165) is 25.8 Å². The van der Waals surface area contributed by atoms with Gasteiger partial charge in [0.15, 0.2) is 0 Å². The number of hydrogen-bond donors (Lipinski definition) is 1. The van der Waals surface area contributed by atoms with Crippen LogP contribution in [0.5, 0.6) is 0 Å². The van der Waals surface area contributed by atoms with Crippen LogP contribution in [0, 0.1) is 0 Å². The smallest absolute Gasteiger partial charge is 0.0443 e. The van der Waals surface area contributed by atoms with Crippen LogP contribution in [0.25, 0.3) is 0 Å². The van der Waals surface area contributed by atoms with Crippen LogP contribution in [0.4, 0.5) is 0 Å². The first-order chi connectivity index (χ1) is 22.3. The number of hydrogen-bond acceptors (Lipinski definition) is 2. The van der Waals surface area contributed by atoms with Crippen LogP contribution in [-0.2, 0) is 0 Å². The maximum atomic E-state index is 9.33. The van der Waals surface area contributed by atoms with Crippen molar-refractivity contribution in [3.63, 3.8) is 0 Å². The molecule has 0 unspecified atom stereocenters. The Morgan fingerprint density at radius 2 is 0.622 bits per heavy atom. The van der Waals surface area contributed by atoms with Crippen LogP contribution in [0.3, 0.4) is 0 Å². The molecular formula is C43H81NO. The summed E-state index contributed by atoms with van der Waals surface area (Å²) in [5.41, 5.74) is 0. The maximum absolute atomic E-state index is 9.33. The third-order valence-electron chi connectivity index (χ3n) is 8.98. The molecule has 0 aliphatic carbocycles. The fourth-order valence-corrected chi connectivity index (χ4v) is 5.98. The molecule has 264 valence electrons. The van der Waals surface area contributed by atoms with Gasteiger partial charge in [0.25, 0.3) is 0 Å². The zero-order valence-electron chi connectivity index (χ0n) is 30.8. The predicted octanol–water partition coefficient (Wildman–Crippen LogP) is 13.9. The van der Waals surface area contributed by atoms with Crippen molar-refractivity contribution in [2.24, 2.45) is 0 Å². The van der Waals surface area contributed by atoms with Crippen molar-refractivity contribution in [3.05, 3.63) is 48.6 Å². The lowest BCUT2D eigenvalue weighted by Gasteiger charge is -2.22. The van der Waals surface area contributed by atoms with Gasteiger partial charge in [0.2, 0.25) is 0 Å². The number of allylic oxidation sites excluding steroid dienone is 8. The van der Waals surface area contributed by atoms with Gasteiger partial charge in [0.05, 0.1) is 0 Å². The summed E-state index contributed by atoms with van der Waals surface area (Å²) in [7, 11) is 0. The Hall–Kier alpha value is -1.12. The molecule has 0 saturated carbocycles. The number of aliphatic hydroxyl groups is 1. The van der Waals surface area contributed by atoms with E-state index in [4.69, 9.17) is 0 Å². The molecule has 0 aromatic carbocycles. The van der Waals surface area contributed by atoms with Crippen LogP contribution in [-0.4, -0.2) is 36.2 Å². The Morgan fingerprint density at radius 1 is 0.333 bits per heavy atom. The van der Waals surface area contributed by atoms with Gasteiger partial charge >= 0.3 is 0 Å². The van der Waals surface area contributed by atoms with Crippen LogP contribution < -0.4 is 0 Å². The second-order valence-electron chi connectivity index (χ2n) is 13.5. The van der Waals surface area contributed by atoms with Gasteiger partial charge in [-0.05, 0) is 96.6 Å². The Balaban J connectivity index is 3.55. The highest BCUT2D eigenvalue weighted by atomic mass is 16.3. The monoisotopic (exact) mass is 628 g/mol. The van der Waals surface area contributed by atoms with E-state index in [1.807, 2.05) is 0 Å². The van der Waals surface area contributed by atoms with Gasteiger partial charge in [-0.2, -0.15) is 0 Å². The zero-order valence-corrected chi connectivity index (χ0v) is 30.8. The molecule has 0 heterocycles. The van der Waals surface area contributed by atoms with E-state index in [2.05, 4.69) is 67.4 Å². The molecule has 2 heteroatoms. The lowest BCUT2D eigenvalue weighted by atomic mass is 10.1. The number of nitrogens with zero attached hydrogens (tertiary/aromatic N) is 1. The largest absolute Gasteiger partial charge is 0.396 e. The molecule has 0 saturated heterocycles. The van der Waals surface area contributed by atoms with Gasteiger partial charge in [-0.25, -0.2) is 0 Å². The molecule has 0 fully saturated rings. The summed E-state index contributed by atoms with van der Waals surface area (Å²) in [6.07, 6.45) is 57.2. The third-order valence-corrected chi connectivity index (χ3v) is 8.98. The summed E-state index contributed by atoms with van der Waals surface area (Å²) in [6.45, 7) is 8.39. The van der Waals surface area contributed by atoms with Crippen LogP contribution in [0.1, 0.15) is 200 Å². The molecule has 2 nitrogen and oxygen atoms in total. The van der Waals surface area contributed by atoms with Crippen LogP contribution >= 0.6 is 0 Å². The highest BCUT2D eigenvalue weighted by molar-refractivity contribution is 4.93. The van der Waals surface area contributed by atoms with E-state index in [-0.39, 0.29) is 0 Å². The molecule has 0 radical (unpaired) electrons. The second kappa shape index (κ2) is 40.9. The molecule has 45 heavy (non-hydrogen) atoms. The Labute approximate surface area is 284 Å². The molecule has 0 bridgehead atoms. The molecule has 0 atom stereocenters. The Kier molecular flexibility index (Phi) is 39.9. The van der Waals surface area contributed by atoms with Crippen molar-refractivity contribution < 1.29 is 5.11 Å². The molecule has 0 rings (SSSR count). The van der Waals surface area contributed by atoms with Crippen molar-refractivity contribution >= 4 is 0 Å². The Bertz CT molecular complexity index is 596. The minimum atomic E-state index is 0.328. The highest BCUT2D eigenvalue weighted by Gasteiger charge is 2.04. The average molecular weight is 628 g/mol. The molecule has 0 aromatic rings. The lowest BCUT2D eigenvalue weighted by Crippen LogP contribution is -2.27. The predicted molar refractivity (Wildman–Crippen MR) is 205 cm³/mol. The minimum absolute atomic E-state index is 0.328. The van der Waals surface area contributed by atoms with Crippen molar-refractivity contribution in [2.45, 2.75) is 200 Å². The molecule has 0 spiro atoms. The normalized spacial score (nSPS) is 12.4. The van der Waals surface area contributed by atoms with Gasteiger partial charge in [0, 0.05) is 13.2 Å². The van der Waals surface area contributed by atoms with Gasteiger partial charge in [-0.1, -0.05) is 165 Å². The van der Waals surface area contributed by atoms with Crippen LogP contribution in [0.15, 0.2) is 48.6 Å². The molecule has 0 aliphatic heterocycles. The van der Waals surface area contributed by atoms with Gasteiger partial charge < -0.3 is 10.0 Å². The number of aliphatic hydroxyl groups excluding tert-OH is 1. The minimum Gasteiger partial charge on any atom is -0.396 e.